The number of esters is 2. The molecule has 0 saturated carbocycles. The first kappa shape index (κ1) is 31.3. The van der Waals surface area contributed by atoms with Gasteiger partial charge in [0.05, 0.1) is 19.3 Å². The predicted molar refractivity (Wildman–Crippen MR) is 96.0 cm³/mol. The van der Waals surface area contributed by atoms with E-state index >= 15 is 0 Å². The second-order valence-corrected chi connectivity index (χ2v) is 5.74. The van der Waals surface area contributed by atoms with Crippen LogP contribution in [0.1, 0.15) is 59.3 Å². The summed E-state index contributed by atoms with van der Waals surface area (Å²) in [5.74, 6) is -3.24. The first-order chi connectivity index (χ1) is 12.6. The summed E-state index contributed by atoms with van der Waals surface area (Å²) in [4.78, 5) is 67.4. The van der Waals surface area contributed by atoms with Crippen molar-refractivity contribution in [3.8, 4) is 0 Å². The van der Waals surface area contributed by atoms with Crippen LogP contribution >= 0.6 is 0 Å². The first-order valence-corrected chi connectivity index (χ1v) is 8.54. The Bertz CT molecular complexity index is 540. The van der Waals surface area contributed by atoms with Crippen LogP contribution < -0.4 is 0 Å². The Morgan fingerprint density at radius 3 is 1.50 bits per heavy atom. The van der Waals surface area contributed by atoms with Crippen LogP contribution in [-0.2, 0) is 71.0 Å². The van der Waals surface area contributed by atoms with Gasteiger partial charge in [0, 0.05) is 63.7 Å². The number of carbonyl (C=O) groups is 6. The molecule has 0 fully saturated rings. The molecule has 0 aromatic rings. The van der Waals surface area contributed by atoms with Gasteiger partial charge in [0.2, 0.25) is 6.79 Å². The van der Waals surface area contributed by atoms with Gasteiger partial charge in [-0.05, 0) is 0 Å². The number of rotatable bonds is 13. The second-order valence-electron chi connectivity index (χ2n) is 5.74. The normalized spacial score (nSPS) is 9.32. The van der Waals surface area contributed by atoms with Crippen LogP contribution in [0, 0.1) is 19.8 Å². The number of carbonyl (C=O) groups excluding carboxylic acids is 6. The van der Waals surface area contributed by atoms with Crippen molar-refractivity contribution in [1.29, 1.82) is 0 Å². The van der Waals surface area contributed by atoms with E-state index in [1.54, 1.807) is 20.8 Å². The van der Waals surface area contributed by atoms with Crippen molar-refractivity contribution in [2.45, 2.75) is 59.3 Å². The van der Waals surface area contributed by atoms with Crippen molar-refractivity contribution >= 4 is 35.1 Å². The van der Waals surface area contributed by atoms with E-state index in [0.29, 0.717) is 0 Å². The Labute approximate surface area is 191 Å². The molecule has 0 aliphatic heterocycles. The van der Waals surface area contributed by atoms with E-state index in [1.807, 2.05) is 0 Å². The number of hydrogen-bond acceptors (Lipinski definition) is 8. The zero-order valence-corrected chi connectivity index (χ0v) is 19.6. The van der Waals surface area contributed by atoms with Gasteiger partial charge >= 0.3 is 11.9 Å². The minimum Gasteiger partial charge on any atom is -0.428 e. The molecule has 0 N–H and O–H groups in total. The fourth-order valence-electron chi connectivity index (χ4n) is 1.58. The summed E-state index contributed by atoms with van der Waals surface area (Å²) in [6, 6.07) is 0. The summed E-state index contributed by atoms with van der Waals surface area (Å²) < 4.78 is 9.22. The third-order valence-corrected chi connectivity index (χ3v) is 3.07. The molecule has 0 amide bonds. The fraction of sp³-hybridized carbons (Fsp3) is 0.579. The Balaban J connectivity index is -0.00000201. The summed E-state index contributed by atoms with van der Waals surface area (Å²) >= 11 is 0. The van der Waals surface area contributed by atoms with Gasteiger partial charge in [0.25, 0.3) is 0 Å². The van der Waals surface area contributed by atoms with Crippen LogP contribution in [0.4, 0.5) is 0 Å². The van der Waals surface area contributed by atoms with Crippen LogP contribution in [0.15, 0.2) is 0 Å². The molecule has 0 saturated heterocycles. The molecule has 0 rings (SSSR count). The standard InChI is InChI=1S/C17H23O8.C2H5.Y/c1-11(2)15(21)9-14(20)5-7-17(23)25-10-24-16(22)6-4-13(19)8-12(3)18;1-2;/h11H,3-10H2,1-2H3;1H2,2H3;/q2*-1;. The average Bonchev–Trinajstić information content (AvgIpc) is 2.59. The monoisotopic (exact) mass is 473 g/mol. The number of hydrogen-bond donors (Lipinski definition) is 0. The topological polar surface area (TPSA) is 121 Å². The van der Waals surface area contributed by atoms with Crippen molar-refractivity contribution in [2.24, 2.45) is 5.92 Å². The molecule has 0 bridgehead atoms. The Kier molecular flexibility index (Phi) is 21.2. The SMILES string of the molecule is [CH2-]C.[CH2-]C(=O)CC(=O)CCC(=O)OCOC(=O)CCC(=O)CC(=O)C(C)C.[Y]. The van der Waals surface area contributed by atoms with Gasteiger partial charge in [-0.15, -0.1) is 0 Å². The summed E-state index contributed by atoms with van der Waals surface area (Å²) in [6.45, 7) is 10.8. The summed E-state index contributed by atoms with van der Waals surface area (Å²) in [5, 5.41) is 0. The predicted octanol–water partition coefficient (Wildman–Crippen LogP) is 1.98. The molecule has 1 radical (unpaired) electrons. The van der Waals surface area contributed by atoms with Crippen molar-refractivity contribution in [2.75, 3.05) is 6.79 Å². The van der Waals surface area contributed by atoms with Crippen molar-refractivity contribution in [3.05, 3.63) is 13.8 Å². The summed E-state index contributed by atoms with van der Waals surface area (Å²) in [6.07, 6.45) is -1.30. The molecule has 0 heterocycles. The van der Waals surface area contributed by atoms with E-state index in [2.05, 4.69) is 23.3 Å². The molecule has 0 atom stereocenters. The molecular weight excluding hydrogens is 445 g/mol. The number of ether oxygens (including phenoxy) is 2. The zero-order valence-electron chi connectivity index (χ0n) is 16.8. The molecule has 0 unspecified atom stereocenters. The van der Waals surface area contributed by atoms with Gasteiger partial charge in [-0.2, -0.15) is 6.92 Å². The zero-order chi connectivity index (χ0) is 21.4. The van der Waals surface area contributed by atoms with E-state index < -0.39 is 30.3 Å². The maximum absolute atomic E-state index is 11.5. The van der Waals surface area contributed by atoms with Gasteiger partial charge < -0.3 is 28.1 Å². The van der Waals surface area contributed by atoms with Gasteiger partial charge in [0.1, 0.15) is 17.3 Å². The molecule has 0 aliphatic carbocycles. The van der Waals surface area contributed by atoms with Gasteiger partial charge in [-0.3, -0.25) is 24.0 Å². The Morgan fingerprint density at radius 2 is 1.14 bits per heavy atom. The second kappa shape index (κ2) is 18.9. The molecule has 157 valence electrons. The van der Waals surface area contributed by atoms with Crippen LogP contribution in [0.5, 0.6) is 0 Å². The third-order valence-electron chi connectivity index (χ3n) is 3.07. The number of ketones is 4. The van der Waals surface area contributed by atoms with E-state index in [4.69, 9.17) is 0 Å². The van der Waals surface area contributed by atoms with Crippen LogP contribution in [0.25, 0.3) is 0 Å². The van der Waals surface area contributed by atoms with Gasteiger partial charge in [-0.25, -0.2) is 0 Å². The molecular formula is C19H28O8Y-2. The largest absolute Gasteiger partial charge is 0.428 e. The molecule has 0 aromatic heterocycles. The van der Waals surface area contributed by atoms with E-state index in [-0.39, 0.29) is 88.7 Å². The average molecular weight is 473 g/mol. The first-order valence-electron chi connectivity index (χ1n) is 8.54. The van der Waals surface area contributed by atoms with E-state index in [9.17, 15) is 28.8 Å². The minimum atomic E-state index is -0.753. The maximum Gasteiger partial charge on any atom is 0.309 e. The number of Topliss-reactive ketones (excluding diaryl/α,β-unsaturated/α-hetero) is 4. The van der Waals surface area contributed by atoms with Crippen molar-refractivity contribution in [3.63, 3.8) is 0 Å². The maximum atomic E-state index is 11.5. The third kappa shape index (κ3) is 19.4. The molecule has 9 heteroatoms. The van der Waals surface area contributed by atoms with Gasteiger partial charge in [0.15, 0.2) is 0 Å². The molecule has 28 heavy (non-hydrogen) atoms. The van der Waals surface area contributed by atoms with Crippen molar-refractivity contribution < 1.29 is 71.0 Å². The van der Waals surface area contributed by atoms with E-state index in [1.165, 1.54) is 0 Å². The van der Waals surface area contributed by atoms with E-state index in [0.717, 1.165) is 0 Å². The smallest absolute Gasteiger partial charge is 0.309 e. The van der Waals surface area contributed by atoms with Crippen LogP contribution in [0.2, 0.25) is 0 Å². The summed E-state index contributed by atoms with van der Waals surface area (Å²) in [5.41, 5.74) is 0. The summed E-state index contributed by atoms with van der Waals surface area (Å²) in [7, 11) is 0. The fourth-order valence-corrected chi connectivity index (χ4v) is 1.58. The van der Waals surface area contributed by atoms with Crippen molar-refractivity contribution in [1.82, 2.24) is 0 Å². The van der Waals surface area contributed by atoms with Gasteiger partial charge in [-0.1, -0.05) is 13.8 Å². The van der Waals surface area contributed by atoms with Crippen LogP contribution in [0.3, 0.4) is 0 Å². The molecule has 0 aromatic carbocycles. The van der Waals surface area contributed by atoms with Crippen LogP contribution in [-0.4, -0.2) is 41.9 Å². The minimum absolute atomic E-state index is 0. The molecule has 8 nitrogen and oxygen atoms in total. The quantitative estimate of drug-likeness (QED) is 0.172. The molecule has 0 spiro atoms. The Morgan fingerprint density at radius 1 is 0.750 bits per heavy atom. The molecule has 0 aliphatic rings. The Hall–Kier alpha value is -1.41.